The summed E-state index contributed by atoms with van der Waals surface area (Å²) in [4.78, 5) is 2.39. The monoisotopic (exact) mass is 376 g/mol. The normalized spacial score (nSPS) is 20.4. The zero-order valence-electron chi connectivity index (χ0n) is 16.8. The molecule has 1 unspecified atom stereocenters. The SMILES string of the molecule is COc1ccc(CNC2CCC2)c(OCC(O)CN2CCCCCCC2)c1. The van der Waals surface area contributed by atoms with Gasteiger partial charge in [0.2, 0.25) is 0 Å². The van der Waals surface area contributed by atoms with E-state index in [9.17, 15) is 5.11 Å². The fourth-order valence-electron chi connectivity index (χ4n) is 3.84. The number of ether oxygens (including phenoxy) is 2. The van der Waals surface area contributed by atoms with E-state index in [1.807, 2.05) is 12.1 Å². The van der Waals surface area contributed by atoms with Crippen molar-refractivity contribution in [2.45, 2.75) is 70.1 Å². The minimum Gasteiger partial charge on any atom is -0.497 e. The lowest BCUT2D eigenvalue weighted by Gasteiger charge is -2.28. The fraction of sp³-hybridized carbons (Fsp3) is 0.727. The maximum absolute atomic E-state index is 10.5. The van der Waals surface area contributed by atoms with E-state index in [0.29, 0.717) is 19.2 Å². The van der Waals surface area contributed by atoms with Gasteiger partial charge in [-0.2, -0.15) is 0 Å². The number of benzene rings is 1. The second kappa shape index (κ2) is 10.9. The molecule has 1 atom stereocenters. The highest BCUT2D eigenvalue weighted by Gasteiger charge is 2.18. The minimum absolute atomic E-state index is 0.320. The predicted molar refractivity (Wildman–Crippen MR) is 108 cm³/mol. The van der Waals surface area contributed by atoms with Crippen LogP contribution < -0.4 is 14.8 Å². The molecule has 1 aliphatic heterocycles. The molecule has 0 radical (unpaired) electrons. The summed E-state index contributed by atoms with van der Waals surface area (Å²) < 4.78 is 11.4. The number of nitrogens with one attached hydrogen (secondary N) is 1. The number of nitrogens with zero attached hydrogens (tertiary/aromatic N) is 1. The molecule has 1 heterocycles. The molecule has 1 saturated carbocycles. The second-order valence-corrected chi connectivity index (χ2v) is 8.02. The third kappa shape index (κ3) is 6.66. The van der Waals surface area contributed by atoms with Crippen molar-refractivity contribution in [3.05, 3.63) is 23.8 Å². The van der Waals surface area contributed by atoms with Crippen molar-refractivity contribution in [3.8, 4) is 11.5 Å². The molecule has 0 aromatic heterocycles. The number of rotatable bonds is 9. The van der Waals surface area contributed by atoms with Crippen molar-refractivity contribution in [2.24, 2.45) is 0 Å². The number of β-amino-alcohol motifs (C(OH)–C–C–N with tert-alkyl or cyclic N) is 1. The Morgan fingerprint density at radius 2 is 1.85 bits per heavy atom. The average molecular weight is 377 g/mol. The van der Waals surface area contributed by atoms with Gasteiger partial charge in [-0.1, -0.05) is 31.7 Å². The zero-order chi connectivity index (χ0) is 18.9. The Hall–Kier alpha value is -1.30. The molecule has 1 aliphatic carbocycles. The summed E-state index contributed by atoms with van der Waals surface area (Å²) in [5, 5.41) is 14.1. The van der Waals surface area contributed by atoms with Crippen LogP contribution in [0.4, 0.5) is 0 Å². The summed E-state index contributed by atoms with van der Waals surface area (Å²) in [7, 11) is 1.67. The quantitative estimate of drug-likeness (QED) is 0.692. The van der Waals surface area contributed by atoms with Crippen LogP contribution in [-0.2, 0) is 6.54 Å². The molecular formula is C22H36N2O3. The number of hydrogen-bond acceptors (Lipinski definition) is 5. The van der Waals surface area contributed by atoms with Gasteiger partial charge in [0.25, 0.3) is 0 Å². The summed E-state index contributed by atoms with van der Waals surface area (Å²) in [5.41, 5.74) is 1.13. The van der Waals surface area contributed by atoms with Gasteiger partial charge in [-0.25, -0.2) is 0 Å². The first kappa shape index (κ1) is 20.4. The molecule has 2 N–H and O–H groups in total. The van der Waals surface area contributed by atoms with Crippen molar-refractivity contribution < 1.29 is 14.6 Å². The van der Waals surface area contributed by atoms with Gasteiger partial charge in [-0.05, 0) is 44.8 Å². The highest BCUT2D eigenvalue weighted by Crippen LogP contribution is 2.26. The van der Waals surface area contributed by atoms with Crippen molar-refractivity contribution in [1.82, 2.24) is 10.2 Å². The van der Waals surface area contributed by atoms with Gasteiger partial charge >= 0.3 is 0 Å². The Balaban J connectivity index is 1.51. The average Bonchev–Trinajstić information content (AvgIpc) is 2.61. The van der Waals surface area contributed by atoms with Gasteiger partial charge in [0, 0.05) is 30.8 Å². The third-order valence-electron chi connectivity index (χ3n) is 5.81. The first-order valence-electron chi connectivity index (χ1n) is 10.7. The Morgan fingerprint density at radius 1 is 1.11 bits per heavy atom. The van der Waals surface area contributed by atoms with E-state index in [2.05, 4.69) is 16.3 Å². The van der Waals surface area contributed by atoms with Crippen LogP contribution in [0.15, 0.2) is 18.2 Å². The van der Waals surface area contributed by atoms with Crippen molar-refractivity contribution in [3.63, 3.8) is 0 Å². The molecule has 2 fully saturated rings. The first-order valence-corrected chi connectivity index (χ1v) is 10.7. The molecular weight excluding hydrogens is 340 g/mol. The molecule has 0 amide bonds. The number of methoxy groups -OCH3 is 1. The maximum atomic E-state index is 10.5. The Morgan fingerprint density at radius 3 is 2.52 bits per heavy atom. The molecule has 2 aliphatic rings. The zero-order valence-corrected chi connectivity index (χ0v) is 16.8. The van der Waals surface area contributed by atoms with Gasteiger partial charge in [0.05, 0.1) is 7.11 Å². The molecule has 5 nitrogen and oxygen atoms in total. The summed E-state index contributed by atoms with van der Waals surface area (Å²) in [6.07, 6.45) is 9.83. The fourth-order valence-corrected chi connectivity index (χ4v) is 3.84. The molecule has 1 saturated heterocycles. The summed E-state index contributed by atoms with van der Waals surface area (Å²) >= 11 is 0. The van der Waals surface area contributed by atoms with Gasteiger partial charge in [0.1, 0.15) is 24.2 Å². The second-order valence-electron chi connectivity index (χ2n) is 8.02. The largest absolute Gasteiger partial charge is 0.497 e. The third-order valence-corrected chi connectivity index (χ3v) is 5.81. The van der Waals surface area contributed by atoms with E-state index in [1.54, 1.807) is 7.11 Å². The Labute approximate surface area is 164 Å². The number of aliphatic hydroxyl groups is 1. The molecule has 3 rings (SSSR count). The Kier molecular flexibility index (Phi) is 8.24. The van der Waals surface area contributed by atoms with Crippen LogP contribution in [0, 0.1) is 0 Å². The topological polar surface area (TPSA) is 54.0 Å². The van der Waals surface area contributed by atoms with Crippen LogP contribution >= 0.6 is 0 Å². The van der Waals surface area contributed by atoms with Crippen LogP contribution in [0.1, 0.15) is 56.9 Å². The van der Waals surface area contributed by atoms with E-state index in [4.69, 9.17) is 9.47 Å². The van der Waals surface area contributed by atoms with Crippen LogP contribution in [0.2, 0.25) is 0 Å². The standard InChI is InChI=1S/C22H36N2O3/c1-26-21-11-10-18(15-23-19-8-7-9-19)22(14-21)27-17-20(25)16-24-12-5-3-2-4-6-13-24/h10-11,14,19-20,23,25H,2-9,12-13,15-17H2,1H3. The van der Waals surface area contributed by atoms with E-state index < -0.39 is 6.10 Å². The smallest absolute Gasteiger partial charge is 0.127 e. The number of aliphatic hydroxyl groups excluding tert-OH is 1. The van der Waals surface area contributed by atoms with Gasteiger partial charge in [-0.3, -0.25) is 0 Å². The number of likely N-dealkylation sites (tertiary alicyclic amines) is 1. The van der Waals surface area contributed by atoms with Gasteiger partial charge in [-0.15, -0.1) is 0 Å². The molecule has 152 valence electrons. The van der Waals surface area contributed by atoms with E-state index >= 15 is 0 Å². The van der Waals surface area contributed by atoms with Crippen LogP contribution in [-0.4, -0.2) is 55.5 Å². The minimum atomic E-state index is -0.469. The summed E-state index contributed by atoms with van der Waals surface area (Å²) in [6, 6.07) is 6.60. The van der Waals surface area contributed by atoms with Gasteiger partial charge in [0.15, 0.2) is 0 Å². The summed E-state index contributed by atoms with van der Waals surface area (Å²) in [6.45, 7) is 3.99. The lowest BCUT2D eigenvalue weighted by Crippen LogP contribution is -2.37. The lowest BCUT2D eigenvalue weighted by atomic mass is 9.93. The highest BCUT2D eigenvalue weighted by atomic mass is 16.5. The van der Waals surface area contributed by atoms with E-state index in [0.717, 1.165) is 36.7 Å². The van der Waals surface area contributed by atoms with Crippen LogP contribution in [0.25, 0.3) is 0 Å². The molecule has 0 bridgehead atoms. The highest BCUT2D eigenvalue weighted by molar-refractivity contribution is 5.40. The molecule has 0 spiro atoms. The van der Waals surface area contributed by atoms with Crippen LogP contribution in [0.3, 0.4) is 0 Å². The molecule has 1 aromatic carbocycles. The van der Waals surface area contributed by atoms with E-state index in [-0.39, 0.29) is 0 Å². The first-order chi connectivity index (χ1) is 13.2. The maximum Gasteiger partial charge on any atom is 0.127 e. The predicted octanol–water partition coefficient (Wildman–Crippen LogP) is 3.34. The lowest BCUT2D eigenvalue weighted by molar-refractivity contribution is 0.0649. The molecule has 5 heteroatoms. The van der Waals surface area contributed by atoms with Crippen LogP contribution in [0.5, 0.6) is 11.5 Å². The summed E-state index contributed by atoms with van der Waals surface area (Å²) in [5.74, 6) is 1.60. The van der Waals surface area contributed by atoms with Gasteiger partial charge < -0.3 is 24.8 Å². The molecule has 27 heavy (non-hydrogen) atoms. The van der Waals surface area contributed by atoms with Crippen molar-refractivity contribution >= 4 is 0 Å². The molecule has 1 aromatic rings. The Bertz CT molecular complexity index is 554. The van der Waals surface area contributed by atoms with Crippen molar-refractivity contribution in [1.29, 1.82) is 0 Å². The van der Waals surface area contributed by atoms with E-state index in [1.165, 1.54) is 51.4 Å². The number of hydrogen-bond donors (Lipinski definition) is 2. The van der Waals surface area contributed by atoms with Crippen molar-refractivity contribution in [2.75, 3.05) is 33.4 Å².